The molecule has 364 valence electrons. The standard InChI is InChI=1S/C52H91O10P/c1-3-5-7-9-11-13-15-17-19-21-22-23-24-25-26-28-30-32-34-36-38-40-42-44-52(56)62-50(46-54)48-60-63(57,58)59-47-49(45-53)61-51(55)43-41-39-37-35-33-31-29-27-20-18-16-14-12-10-8-6-4-2/h5,7,11-14,17-20,22-23,49-50,53-54H,3-4,6,8-10,15-16,21,24-48H2,1-2H3,(H,57,58)/b7-5-,13-11-,14-12-,19-17-,20-18-,23-22-. The van der Waals surface area contributed by atoms with Crippen LogP contribution in [0.15, 0.2) is 72.9 Å². The Kier molecular flexibility index (Phi) is 45.4. The molecule has 0 fully saturated rings. The molecule has 0 spiro atoms. The van der Waals surface area contributed by atoms with Crippen molar-refractivity contribution in [2.75, 3.05) is 26.4 Å². The molecular formula is C52H91O10P. The molecule has 63 heavy (non-hydrogen) atoms. The van der Waals surface area contributed by atoms with E-state index in [4.69, 9.17) is 18.5 Å². The molecule has 0 aliphatic rings. The largest absolute Gasteiger partial charge is 0.472 e. The monoisotopic (exact) mass is 907 g/mol. The number of phosphoric ester groups is 1. The van der Waals surface area contributed by atoms with Crippen molar-refractivity contribution in [1.82, 2.24) is 0 Å². The highest BCUT2D eigenvalue weighted by molar-refractivity contribution is 7.47. The number of esters is 2. The van der Waals surface area contributed by atoms with E-state index in [-0.39, 0.29) is 12.8 Å². The molecule has 0 aromatic heterocycles. The lowest BCUT2D eigenvalue weighted by Crippen LogP contribution is -2.28. The summed E-state index contributed by atoms with van der Waals surface area (Å²) < 4.78 is 32.7. The van der Waals surface area contributed by atoms with Gasteiger partial charge in [0.2, 0.25) is 0 Å². The Hall–Kier alpha value is -2.59. The number of carbonyl (C=O) groups excluding carboxylic acids is 2. The van der Waals surface area contributed by atoms with Gasteiger partial charge in [-0.25, -0.2) is 4.57 Å². The number of aliphatic hydroxyl groups excluding tert-OH is 2. The Morgan fingerprint density at radius 3 is 1.08 bits per heavy atom. The first-order valence-corrected chi connectivity index (χ1v) is 26.4. The summed E-state index contributed by atoms with van der Waals surface area (Å²) in [5.74, 6) is -1.03. The molecule has 3 atom stereocenters. The smallest absolute Gasteiger partial charge is 0.457 e. The molecule has 0 bridgehead atoms. The lowest BCUT2D eigenvalue weighted by atomic mass is 10.0. The van der Waals surface area contributed by atoms with Gasteiger partial charge in [-0.3, -0.25) is 18.6 Å². The van der Waals surface area contributed by atoms with Gasteiger partial charge in [0.15, 0.2) is 0 Å². The van der Waals surface area contributed by atoms with Crippen molar-refractivity contribution < 1.29 is 47.8 Å². The minimum absolute atomic E-state index is 0.181. The summed E-state index contributed by atoms with van der Waals surface area (Å²) in [7, 11) is -4.65. The first-order valence-electron chi connectivity index (χ1n) is 24.9. The van der Waals surface area contributed by atoms with Crippen molar-refractivity contribution >= 4 is 19.8 Å². The Balaban J connectivity index is 3.87. The molecule has 0 radical (unpaired) electrons. The van der Waals surface area contributed by atoms with Crippen LogP contribution in [0.4, 0.5) is 0 Å². The SMILES string of the molecule is CC/C=C\C/C=C\C/C=C\C/C=C\CCCCCCCCCCCCC(=O)OC(CO)COP(=O)(O)OCC(CO)OC(=O)CCCCCCCCC/C=C\C/C=C\CCCCC. The van der Waals surface area contributed by atoms with Gasteiger partial charge < -0.3 is 24.6 Å². The topological polar surface area (TPSA) is 149 Å². The summed E-state index contributed by atoms with van der Waals surface area (Å²) in [6.07, 6.45) is 55.8. The van der Waals surface area contributed by atoms with Crippen LogP contribution < -0.4 is 0 Å². The zero-order valence-corrected chi connectivity index (χ0v) is 40.7. The summed E-state index contributed by atoms with van der Waals surface area (Å²) in [6, 6.07) is 0. The summed E-state index contributed by atoms with van der Waals surface area (Å²) in [5, 5.41) is 19.2. The fraction of sp³-hybridized carbons (Fsp3) is 0.731. The van der Waals surface area contributed by atoms with Gasteiger partial charge in [0.05, 0.1) is 26.4 Å². The second kappa shape index (κ2) is 47.4. The summed E-state index contributed by atoms with van der Waals surface area (Å²) in [4.78, 5) is 34.7. The van der Waals surface area contributed by atoms with E-state index in [1.807, 2.05) is 0 Å². The van der Waals surface area contributed by atoms with Crippen LogP contribution in [0.2, 0.25) is 0 Å². The van der Waals surface area contributed by atoms with Crippen molar-refractivity contribution in [3.8, 4) is 0 Å². The highest BCUT2D eigenvalue weighted by Crippen LogP contribution is 2.43. The Labute approximate surface area is 384 Å². The van der Waals surface area contributed by atoms with E-state index < -0.39 is 58.4 Å². The third-order valence-corrected chi connectivity index (χ3v) is 11.4. The quantitative estimate of drug-likeness (QED) is 0.0233. The molecule has 10 nitrogen and oxygen atoms in total. The number of phosphoric acid groups is 1. The molecule has 3 N–H and O–H groups in total. The van der Waals surface area contributed by atoms with Crippen LogP contribution in [-0.4, -0.2) is 65.7 Å². The van der Waals surface area contributed by atoms with Crippen molar-refractivity contribution in [2.24, 2.45) is 0 Å². The molecule has 0 aromatic carbocycles. The number of allylic oxidation sites excluding steroid dienone is 12. The normalized spacial score (nSPS) is 14.3. The molecule has 11 heteroatoms. The second-order valence-electron chi connectivity index (χ2n) is 16.4. The zero-order chi connectivity index (χ0) is 46.2. The van der Waals surface area contributed by atoms with Gasteiger partial charge in [-0.15, -0.1) is 0 Å². The highest BCUT2D eigenvalue weighted by atomic mass is 31.2. The van der Waals surface area contributed by atoms with Gasteiger partial charge >= 0.3 is 19.8 Å². The Bertz CT molecular complexity index is 1270. The van der Waals surface area contributed by atoms with Gasteiger partial charge in [0.25, 0.3) is 0 Å². The first kappa shape index (κ1) is 60.4. The number of hydrogen-bond donors (Lipinski definition) is 3. The van der Waals surface area contributed by atoms with Crippen LogP contribution >= 0.6 is 7.82 Å². The Morgan fingerprint density at radius 1 is 0.444 bits per heavy atom. The van der Waals surface area contributed by atoms with E-state index in [0.29, 0.717) is 12.8 Å². The molecule has 0 aliphatic heterocycles. The molecule has 3 unspecified atom stereocenters. The first-order chi connectivity index (χ1) is 30.8. The van der Waals surface area contributed by atoms with Crippen LogP contribution in [0.5, 0.6) is 0 Å². The number of aliphatic hydroxyl groups is 2. The van der Waals surface area contributed by atoms with E-state index in [0.717, 1.165) is 83.5 Å². The number of carbonyl (C=O) groups is 2. The van der Waals surface area contributed by atoms with Gasteiger partial charge in [0.1, 0.15) is 12.2 Å². The van der Waals surface area contributed by atoms with Crippen molar-refractivity contribution in [3.05, 3.63) is 72.9 Å². The van der Waals surface area contributed by atoms with Crippen LogP contribution in [-0.2, 0) is 32.7 Å². The average molecular weight is 907 g/mol. The summed E-state index contributed by atoms with van der Waals surface area (Å²) in [5.41, 5.74) is 0. The van der Waals surface area contributed by atoms with Gasteiger partial charge in [-0.1, -0.05) is 183 Å². The van der Waals surface area contributed by atoms with Crippen molar-refractivity contribution in [2.45, 2.75) is 219 Å². The molecule has 0 rings (SSSR count). The Morgan fingerprint density at radius 2 is 0.746 bits per heavy atom. The highest BCUT2D eigenvalue weighted by Gasteiger charge is 2.27. The molecule has 0 aliphatic carbocycles. The lowest BCUT2D eigenvalue weighted by molar-refractivity contribution is -0.153. The third kappa shape index (κ3) is 45.8. The van der Waals surface area contributed by atoms with Crippen molar-refractivity contribution in [3.63, 3.8) is 0 Å². The molecule has 0 saturated carbocycles. The maximum atomic E-state index is 12.4. The fourth-order valence-electron chi connectivity index (χ4n) is 6.61. The van der Waals surface area contributed by atoms with Gasteiger partial charge in [-0.05, 0) is 83.5 Å². The second-order valence-corrected chi connectivity index (χ2v) is 17.9. The maximum Gasteiger partial charge on any atom is 0.472 e. The van der Waals surface area contributed by atoms with Crippen LogP contribution in [0, 0.1) is 0 Å². The summed E-state index contributed by atoms with van der Waals surface area (Å²) in [6.45, 7) is 2.07. The van der Waals surface area contributed by atoms with Crippen LogP contribution in [0.1, 0.15) is 206 Å². The van der Waals surface area contributed by atoms with E-state index in [1.165, 1.54) is 83.5 Å². The van der Waals surface area contributed by atoms with Gasteiger partial charge in [-0.2, -0.15) is 0 Å². The molecule has 0 aromatic rings. The van der Waals surface area contributed by atoms with Crippen molar-refractivity contribution in [1.29, 1.82) is 0 Å². The molecule has 0 amide bonds. The minimum atomic E-state index is -4.65. The van der Waals surface area contributed by atoms with Crippen LogP contribution in [0.25, 0.3) is 0 Å². The number of rotatable bonds is 46. The summed E-state index contributed by atoms with van der Waals surface area (Å²) >= 11 is 0. The predicted octanol–water partition coefficient (Wildman–Crippen LogP) is 14.0. The molecule has 0 heterocycles. The third-order valence-electron chi connectivity index (χ3n) is 10.4. The lowest BCUT2D eigenvalue weighted by Gasteiger charge is -2.20. The van der Waals surface area contributed by atoms with Gasteiger partial charge in [0, 0.05) is 12.8 Å². The maximum absolute atomic E-state index is 12.4. The minimum Gasteiger partial charge on any atom is -0.457 e. The zero-order valence-electron chi connectivity index (χ0n) is 39.8. The number of hydrogen-bond acceptors (Lipinski definition) is 9. The average Bonchev–Trinajstić information content (AvgIpc) is 3.27. The number of unbranched alkanes of at least 4 members (excludes halogenated alkanes) is 20. The molecular weight excluding hydrogens is 816 g/mol. The number of ether oxygens (including phenoxy) is 2. The fourth-order valence-corrected chi connectivity index (χ4v) is 7.39. The van der Waals surface area contributed by atoms with E-state index in [1.54, 1.807) is 0 Å². The predicted molar refractivity (Wildman–Crippen MR) is 260 cm³/mol. The molecule has 0 saturated heterocycles. The van der Waals surface area contributed by atoms with E-state index in [2.05, 4.69) is 86.8 Å². The van der Waals surface area contributed by atoms with E-state index in [9.17, 15) is 29.3 Å². The van der Waals surface area contributed by atoms with Crippen LogP contribution in [0.3, 0.4) is 0 Å². The van der Waals surface area contributed by atoms with E-state index >= 15 is 0 Å².